The lowest BCUT2D eigenvalue weighted by atomic mass is 10.1. The number of benzene rings is 3. The van der Waals surface area contributed by atoms with Crippen LogP contribution in [0.1, 0.15) is 27.0 Å². The molecule has 3 aromatic carbocycles. The molecule has 0 saturated carbocycles. The van der Waals surface area contributed by atoms with Crippen LogP contribution in [-0.2, 0) is 17.9 Å². The number of nitrogens with one attached hydrogen (secondary N) is 2. The van der Waals surface area contributed by atoms with E-state index in [0.29, 0.717) is 17.8 Å². The summed E-state index contributed by atoms with van der Waals surface area (Å²) in [6.45, 7) is 2.85. The largest absolute Gasteiger partial charge is 0.349 e. The molecule has 0 aromatic heterocycles. The minimum atomic E-state index is -1.16. The van der Waals surface area contributed by atoms with Gasteiger partial charge >= 0.3 is 6.03 Å². The predicted molar refractivity (Wildman–Crippen MR) is 134 cm³/mol. The minimum absolute atomic E-state index is 0.158. The second-order valence-electron chi connectivity index (χ2n) is 8.61. The number of hydrogen-bond acceptors (Lipinski definition) is 4. The van der Waals surface area contributed by atoms with E-state index in [1.807, 2.05) is 43.3 Å². The summed E-state index contributed by atoms with van der Waals surface area (Å²) < 4.78 is 13.3. The monoisotopic (exact) mass is 489 g/mol. The highest BCUT2D eigenvalue weighted by molar-refractivity contribution is 6.00. The van der Waals surface area contributed by atoms with Crippen LogP contribution in [0.25, 0.3) is 0 Å². The smallest absolute Gasteiger partial charge is 0.323 e. The van der Waals surface area contributed by atoms with Gasteiger partial charge < -0.3 is 21.3 Å². The number of halogens is 1. The lowest BCUT2D eigenvalue weighted by Gasteiger charge is -2.29. The number of anilines is 1. The van der Waals surface area contributed by atoms with E-state index in [4.69, 9.17) is 5.73 Å². The zero-order valence-electron chi connectivity index (χ0n) is 19.9. The number of rotatable bonds is 6. The van der Waals surface area contributed by atoms with Crippen LogP contribution in [0.3, 0.4) is 0 Å². The van der Waals surface area contributed by atoms with Crippen molar-refractivity contribution in [2.75, 3.05) is 18.4 Å². The van der Waals surface area contributed by atoms with E-state index >= 15 is 0 Å². The van der Waals surface area contributed by atoms with Crippen LogP contribution >= 0.6 is 0 Å². The van der Waals surface area contributed by atoms with Crippen LogP contribution in [-0.4, -0.2) is 46.9 Å². The van der Waals surface area contributed by atoms with Gasteiger partial charge in [0.1, 0.15) is 5.82 Å². The molecular formula is C27H28FN5O3. The summed E-state index contributed by atoms with van der Waals surface area (Å²) in [7, 11) is 0. The molecule has 1 fully saturated rings. The van der Waals surface area contributed by atoms with Crippen molar-refractivity contribution < 1.29 is 18.8 Å². The highest BCUT2D eigenvalue weighted by Gasteiger charge is 2.43. The Morgan fingerprint density at radius 3 is 2.31 bits per heavy atom. The first kappa shape index (κ1) is 24.9. The van der Waals surface area contributed by atoms with Crippen LogP contribution in [0, 0.1) is 12.7 Å². The molecule has 9 heteroatoms. The standard InChI is InChI=1S/C27H28FN5O3/c1-18-5-7-21(8-6-18)26(35)32-13-14-33(27(36)31-23-11-9-22(28)10-12-23)25(32)24(34)30-17-20-4-2-3-19(15-20)16-29/h2-12,15,25H,13-14,16-17,29H2,1H3,(H,30,34)(H,31,36). The van der Waals surface area contributed by atoms with Gasteiger partial charge in [-0.15, -0.1) is 0 Å². The average Bonchev–Trinajstić information content (AvgIpc) is 3.34. The van der Waals surface area contributed by atoms with Gasteiger partial charge in [-0.1, -0.05) is 42.0 Å². The number of nitrogens with two attached hydrogens (primary N) is 1. The summed E-state index contributed by atoms with van der Waals surface area (Å²) in [6, 6.07) is 19.3. The Morgan fingerprint density at radius 1 is 0.944 bits per heavy atom. The number of urea groups is 1. The fourth-order valence-corrected chi connectivity index (χ4v) is 4.07. The molecule has 0 aliphatic carbocycles. The quantitative estimate of drug-likeness (QED) is 0.494. The molecule has 8 nitrogen and oxygen atoms in total. The fourth-order valence-electron chi connectivity index (χ4n) is 4.07. The third-order valence-electron chi connectivity index (χ3n) is 6.02. The van der Waals surface area contributed by atoms with Crippen LogP contribution in [0.15, 0.2) is 72.8 Å². The number of nitrogens with zero attached hydrogens (tertiary/aromatic N) is 2. The van der Waals surface area contributed by atoms with Gasteiger partial charge in [0, 0.05) is 37.4 Å². The van der Waals surface area contributed by atoms with Crippen molar-refractivity contribution in [2.45, 2.75) is 26.2 Å². The molecule has 1 saturated heterocycles. The number of amides is 4. The van der Waals surface area contributed by atoms with Crippen molar-refractivity contribution in [3.63, 3.8) is 0 Å². The molecule has 0 spiro atoms. The predicted octanol–water partition coefficient (Wildman–Crippen LogP) is 3.23. The molecule has 1 atom stereocenters. The molecule has 186 valence electrons. The van der Waals surface area contributed by atoms with Crippen molar-refractivity contribution in [3.8, 4) is 0 Å². The zero-order chi connectivity index (χ0) is 25.7. The van der Waals surface area contributed by atoms with Crippen molar-refractivity contribution in [2.24, 2.45) is 5.73 Å². The Kier molecular flexibility index (Phi) is 7.60. The number of hydrogen-bond donors (Lipinski definition) is 3. The van der Waals surface area contributed by atoms with Gasteiger partial charge in [-0.25, -0.2) is 9.18 Å². The first-order valence-electron chi connectivity index (χ1n) is 11.6. The lowest BCUT2D eigenvalue weighted by Crippen LogP contribution is -2.54. The van der Waals surface area contributed by atoms with E-state index in [1.54, 1.807) is 12.1 Å². The highest BCUT2D eigenvalue weighted by atomic mass is 19.1. The Balaban J connectivity index is 1.55. The highest BCUT2D eigenvalue weighted by Crippen LogP contribution is 2.21. The molecule has 1 unspecified atom stereocenters. The molecule has 4 N–H and O–H groups in total. The Labute approximate surface area is 208 Å². The average molecular weight is 490 g/mol. The second-order valence-corrected chi connectivity index (χ2v) is 8.61. The van der Waals surface area contributed by atoms with Crippen LogP contribution in [0.5, 0.6) is 0 Å². The first-order chi connectivity index (χ1) is 17.4. The van der Waals surface area contributed by atoms with Gasteiger partial charge in [0.25, 0.3) is 11.8 Å². The third kappa shape index (κ3) is 5.69. The second kappa shape index (κ2) is 11.0. The molecule has 1 heterocycles. The summed E-state index contributed by atoms with van der Waals surface area (Å²) in [4.78, 5) is 42.5. The van der Waals surface area contributed by atoms with Gasteiger partial charge in [-0.3, -0.25) is 14.5 Å². The molecule has 1 aliphatic rings. The molecule has 0 bridgehead atoms. The number of carbonyl (C=O) groups excluding carboxylic acids is 3. The van der Waals surface area contributed by atoms with Gasteiger partial charge in [0.05, 0.1) is 0 Å². The van der Waals surface area contributed by atoms with Crippen molar-refractivity contribution in [1.29, 1.82) is 0 Å². The summed E-state index contributed by atoms with van der Waals surface area (Å²) in [5.74, 6) is -1.27. The van der Waals surface area contributed by atoms with Crippen molar-refractivity contribution in [1.82, 2.24) is 15.1 Å². The van der Waals surface area contributed by atoms with Crippen LogP contribution in [0.2, 0.25) is 0 Å². The maximum Gasteiger partial charge on any atom is 0.323 e. The molecule has 3 aromatic rings. The number of carbonyl (C=O) groups is 3. The normalized spacial score (nSPS) is 15.0. The van der Waals surface area contributed by atoms with Gasteiger partial charge in [0.15, 0.2) is 6.17 Å². The fraction of sp³-hybridized carbons (Fsp3) is 0.222. The maximum absolute atomic E-state index is 13.4. The van der Waals surface area contributed by atoms with E-state index in [2.05, 4.69) is 10.6 Å². The third-order valence-corrected chi connectivity index (χ3v) is 6.02. The Morgan fingerprint density at radius 2 is 1.61 bits per heavy atom. The zero-order valence-corrected chi connectivity index (χ0v) is 19.9. The SMILES string of the molecule is Cc1ccc(C(=O)N2CCN(C(=O)Nc3ccc(F)cc3)C2C(=O)NCc2cccc(CN)c2)cc1. The van der Waals surface area contributed by atoms with Crippen LogP contribution < -0.4 is 16.4 Å². The van der Waals surface area contributed by atoms with Gasteiger partial charge in [0.2, 0.25) is 0 Å². The molecule has 0 radical (unpaired) electrons. The molecule has 4 rings (SSSR count). The van der Waals surface area contributed by atoms with E-state index in [0.717, 1.165) is 16.7 Å². The summed E-state index contributed by atoms with van der Waals surface area (Å²) >= 11 is 0. The Hall–Kier alpha value is -4.24. The van der Waals surface area contributed by atoms with E-state index < -0.39 is 23.9 Å². The van der Waals surface area contributed by atoms with Crippen molar-refractivity contribution >= 4 is 23.5 Å². The topological polar surface area (TPSA) is 108 Å². The molecule has 1 aliphatic heterocycles. The molecular weight excluding hydrogens is 461 g/mol. The molecule has 36 heavy (non-hydrogen) atoms. The van der Waals surface area contributed by atoms with E-state index in [1.165, 1.54) is 34.1 Å². The maximum atomic E-state index is 13.4. The van der Waals surface area contributed by atoms with Crippen molar-refractivity contribution in [3.05, 3.63) is 101 Å². The first-order valence-corrected chi connectivity index (χ1v) is 11.6. The molecule has 4 amide bonds. The minimum Gasteiger partial charge on any atom is -0.349 e. The van der Waals surface area contributed by atoms with E-state index in [9.17, 15) is 18.8 Å². The number of aryl methyl sites for hydroxylation is 1. The van der Waals surface area contributed by atoms with Gasteiger partial charge in [-0.2, -0.15) is 0 Å². The lowest BCUT2D eigenvalue weighted by molar-refractivity contribution is -0.128. The summed E-state index contributed by atoms with van der Waals surface area (Å²) in [5, 5.41) is 5.53. The Bertz CT molecular complexity index is 1250. The van der Waals surface area contributed by atoms with Gasteiger partial charge in [-0.05, 0) is 54.4 Å². The van der Waals surface area contributed by atoms with Crippen LogP contribution in [0.4, 0.5) is 14.9 Å². The van der Waals surface area contributed by atoms with E-state index in [-0.39, 0.29) is 25.5 Å². The summed E-state index contributed by atoms with van der Waals surface area (Å²) in [6.07, 6.45) is -1.16. The summed E-state index contributed by atoms with van der Waals surface area (Å²) in [5.41, 5.74) is 9.29.